The number of rotatable bonds is 9. The number of nitrogens with one attached hydrogen (secondary N) is 2. The quantitative estimate of drug-likeness (QED) is 0.178. The number of allylic oxidation sites excluding steroid dienone is 3. The summed E-state index contributed by atoms with van der Waals surface area (Å²) in [7, 11) is 4.11. The first kappa shape index (κ1) is 29.3. The third-order valence-electron chi connectivity index (χ3n) is 9.15. The molecular formula is C37H40FN7. The third-order valence-corrected chi connectivity index (χ3v) is 9.15. The number of aromatic nitrogens is 5. The normalized spacial score (nSPS) is 16.0. The molecule has 230 valence electrons. The van der Waals surface area contributed by atoms with E-state index in [0.717, 1.165) is 92.9 Å². The van der Waals surface area contributed by atoms with E-state index in [-0.39, 0.29) is 5.82 Å². The van der Waals surface area contributed by atoms with Crippen LogP contribution in [-0.2, 0) is 6.42 Å². The lowest BCUT2D eigenvalue weighted by atomic mass is 9.84. The molecule has 2 N–H and O–H groups in total. The number of aromatic amines is 2. The highest BCUT2D eigenvalue weighted by Gasteiger charge is 2.18. The molecule has 8 heteroatoms. The van der Waals surface area contributed by atoms with E-state index in [1.165, 1.54) is 37.7 Å². The van der Waals surface area contributed by atoms with Crippen molar-refractivity contribution in [3.63, 3.8) is 0 Å². The van der Waals surface area contributed by atoms with Gasteiger partial charge in [0.15, 0.2) is 0 Å². The molecule has 2 aliphatic rings. The van der Waals surface area contributed by atoms with Gasteiger partial charge in [0.2, 0.25) is 0 Å². The Morgan fingerprint density at radius 1 is 0.956 bits per heavy atom. The Morgan fingerprint density at radius 3 is 2.71 bits per heavy atom. The maximum absolute atomic E-state index is 14.8. The van der Waals surface area contributed by atoms with E-state index >= 15 is 0 Å². The van der Waals surface area contributed by atoms with Crippen LogP contribution in [0.2, 0.25) is 0 Å². The Kier molecular flexibility index (Phi) is 8.39. The Hall–Kier alpha value is -4.43. The van der Waals surface area contributed by atoms with Crippen molar-refractivity contribution < 1.29 is 4.39 Å². The van der Waals surface area contributed by atoms with Crippen molar-refractivity contribution in [3.8, 4) is 22.5 Å². The molecule has 1 fully saturated rings. The van der Waals surface area contributed by atoms with Crippen LogP contribution in [0.25, 0.3) is 49.9 Å². The number of benzene rings is 1. The van der Waals surface area contributed by atoms with Gasteiger partial charge >= 0.3 is 0 Å². The van der Waals surface area contributed by atoms with Gasteiger partial charge in [-0.25, -0.2) is 4.39 Å². The minimum absolute atomic E-state index is 0.229. The van der Waals surface area contributed by atoms with E-state index in [2.05, 4.69) is 75.6 Å². The summed E-state index contributed by atoms with van der Waals surface area (Å²) in [4.78, 5) is 19.6. The second-order valence-corrected chi connectivity index (χ2v) is 12.9. The zero-order valence-corrected chi connectivity index (χ0v) is 26.1. The van der Waals surface area contributed by atoms with Crippen molar-refractivity contribution in [2.24, 2.45) is 10.9 Å². The van der Waals surface area contributed by atoms with Gasteiger partial charge in [0, 0.05) is 28.7 Å². The first-order chi connectivity index (χ1) is 22.0. The molecule has 1 saturated carbocycles. The summed E-state index contributed by atoms with van der Waals surface area (Å²) in [5.74, 6) is 0.516. The summed E-state index contributed by atoms with van der Waals surface area (Å²) >= 11 is 0. The van der Waals surface area contributed by atoms with Gasteiger partial charge in [-0.3, -0.25) is 20.1 Å². The van der Waals surface area contributed by atoms with E-state index in [1.807, 2.05) is 18.6 Å². The van der Waals surface area contributed by atoms with Gasteiger partial charge in [-0.1, -0.05) is 44.2 Å². The predicted molar refractivity (Wildman–Crippen MR) is 182 cm³/mol. The van der Waals surface area contributed by atoms with Gasteiger partial charge < -0.3 is 9.88 Å². The highest BCUT2D eigenvalue weighted by Crippen LogP contribution is 2.35. The summed E-state index contributed by atoms with van der Waals surface area (Å²) in [6.45, 7) is 1.61. The van der Waals surface area contributed by atoms with E-state index < -0.39 is 0 Å². The fourth-order valence-corrected chi connectivity index (χ4v) is 6.87. The maximum Gasteiger partial charge on any atom is 0.124 e. The topological polar surface area (TPSA) is 85.9 Å². The fraction of sp³-hybridized carbons (Fsp3) is 0.351. The highest BCUT2D eigenvalue weighted by molar-refractivity contribution is 6.01. The molecule has 7 nitrogen and oxygen atoms in total. The number of fused-ring (bicyclic) bond motifs is 2. The smallest absolute Gasteiger partial charge is 0.124 e. The number of halogens is 1. The van der Waals surface area contributed by atoms with Gasteiger partial charge in [0.05, 0.1) is 41.4 Å². The van der Waals surface area contributed by atoms with Gasteiger partial charge in [0.25, 0.3) is 0 Å². The number of hydrogen-bond acceptors (Lipinski definition) is 5. The highest BCUT2D eigenvalue weighted by atomic mass is 19.1. The second kappa shape index (κ2) is 12.9. The van der Waals surface area contributed by atoms with Crippen molar-refractivity contribution in [2.75, 3.05) is 27.2 Å². The van der Waals surface area contributed by atoms with Crippen molar-refractivity contribution in [1.82, 2.24) is 30.0 Å². The lowest BCUT2D eigenvalue weighted by molar-refractivity contribution is 0.359. The summed E-state index contributed by atoms with van der Waals surface area (Å²) in [6, 6.07) is 9.54. The molecule has 0 amide bonds. The summed E-state index contributed by atoms with van der Waals surface area (Å²) in [6.07, 6.45) is 21.5. The SMILES string of the molecule is CN(C)CCCc1cc(F)cc(-c2cncc3[nH]c(-c4n[nH]c5cnc(C6=CCN=CC(CC7CCCCC7)=C6)cc45)cc23)c1. The molecule has 0 bridgehead atoms. The first-order valence-electron chi connectivity index (χ1n) is 16.2. The van der Waals surface area contributed by atoms with Crippen LogP contribution in [-0.4, -0.2) is 63.4 Å². The monoisotopic (exact) mass is 601 g/mol. The molecule has 45 heavy (non-hydrogen) atoms. The fourth-order valence-electron chi connectivity index (χ4n) is 6.87. The minimum atomic E-state index is -0.229. The molecule has 0 atom stereocenters. The molecule has 5 heterocycles. The van der Waals surface area contributed by atoms with Crippen LogP contribution in [0.1, 0.15) is 56.2 Å². The van der Waals surface area contributed by atoms with Crippen LogP contribution in [0.3, 0.4) is 0 Å². The Labute approximate surface area is 263 Å². The Bertz CT molecular complexity index is 1920. The lowest BCUT2D eigenvalue weighted by Gasteiger charge is -2.21. The Balaban J connectivity index is 1.21. The molecule has 0 spiro atoms. The third kappa shape index (κ3) is 6.52. The van der Waals surface area contributed by atoms with E-state index in [1.54, 1.807) is 12.1 Å². The molecular weight excluding hydrogens is 561 g/mol. The summed E-state index contributed by atoms with van der Waals surface area (Å²) in [5.41, 5.74) is 9.45. The minimum Gasteiger partial charge on any atom is -0.352 e. The van der Waals surface area contributed by atoms with Crippen LogP contribution >= 0.6 is 0 Å². The first-order valence-corrected chi connectivity index (χ1v) is 16.2. The van der Waals surface area contributed by atoms with Crippen LogP contribution < -0.4 is 0 Å². The molecule has 1 aliphatic carbocycles. The number of H-pyrrole nitrogens is 2. The van der Waals surface area contributed by atoms with Crippen molar-refractivity contribution in [2.45, 2.75) is 51.4 Å². The van der Waals surface area contributed by atoms with Gasteiger partial charge in [-0.15, -0.1) is 0 Å². The predicted octanol–water partition coefficient (Wildman–Crippen LogP) is 8.17. The van der Waals surface area contributed by atoms with E-state index in [9.17, 15) is 4.39 Å². The van der Waals surface area contributed by atoms with Gasteiger partial charge in [-0.05, 0) is 98.4 Å². The number of pyridine rings is 2. The summed E-state index contributed by atoms with van der Waals surface area (Å²) < 4.78 is 14.8. The Morgan fingerprint density at radius 2 is 1.84 bits per heavy atom. The van der Waals surface area contributed by atoms with Gasteiger partial charge in [-0.2, -0.15) is 5.10 Å². The second-order valence-electron chi connectivity index (χ2n) is 12.9. The molecule has 0 radical (unpaired) electrons. The summed E-state index contributed by atoms with van der Waals surface area (Å²) in [5, 5.41) is 9.83. The zero-order chi connectivity index (χ0) is 30.8. The zero-order valence-electron chi connectivity index (χ0n) is 26.1. The number of aryl methyl sites for hydroxylation is 1. The van der Waals surface area contributed by atoms with Crippen molar-refractivity contribution in [1.29, 1.82) is 0 Å². The van der Waals surface area contributed by atoms with E-state index in [4.69, 9.17) is 10.1 Å². The van der Waals surface area contributed by atoms with Crippen molar-refractivity contribution >= 4 is 33.6 Å². The van der Waals surface area contributed by atoms with Crippen LogP contribution in [0.5, 0.6) is 0 Å². The van der Waals surface area contributed by atoms with Crippen LogP contribution in [0.4, 0.5) is 4.39 Å². The molecule has 0 unspecified atom stereocenters. The van der Waals surface area contributed by atoms with Crippen LogP contribution in [0, 0.1) is 11.7 Å². The maximum atomic E-state index is 14.8. The number of hydrogen-bond donors (Lipinski definition) is 2. The molecule has 7 rings (SSSR count). The van der Waals surface area contributed by atoms with Crippen LogP contribution in [0.15, 0.2) is 71.6 Å². The molecule has 1 aliphatic heterocycles. The molecule has 1 aromatic carbocycles. The van der Waals surface area contributed by atoms with Crippen molar-refractivity contribution in [3.05, 3.63) is 83.7 Å². The van der Waals surface area contributed by atoms with E-state index in [0.29, 0.717) is 6.54 Å². The average Bonchev–Trinajstić information content (AvgIpc) is 3.59. The molecule has 0 saturated heterocycles. The largest absolute Gasteiger partial charge is 0.352 e. The van der Waals surface area contributed by atoms with Gasteiger partial charge in [0.1, 0.15) is 11.5 Å². The molecule has 5 aromatic rings. The molecule has 4 aromatic heterocycles. The lowest BCUT2D eigenvalue weighted by Crippen LogP contribution is -2.13. The standard InChI is InChI=1S/C37H40FN7/c1-45(2)12-6-9-25-14-28(17-29(38)16-25)32-21-40-22-35-30(32)18-34(42-35)37-31-19-33(41-23-36(31)43-44-37)27-10-11-39-20-26(15-27)13-24-7-4-3-5-8-24/h10,14-24,42H,3-9,11-13H2,1-2H3,(H,43,44). The number of aliphatic imine (C=N–C) groups is 1. The average molecular weight is 602 g/mol. The number of nitrogens with zero attached hydrogens (tertiary/aromatic N) is 5.